The van der Waals surface area contributed by atoms with Crippen LogP contribution < -0.4 is 5.32 Å². The fraction of sp³-hybridized carbons (Fsp3) is 0.900. The predicted octanol–water partition coefficient (Wildman–Crippen LogP) is -0.571. The maximum absolute atomic E-state index is 9.59. The summed E-state index contributed by atoms with van der Waals surface area (Å²) in [6, 6.07) is 2.08. The van der Waals surface area contributed by atoms with E-state index in [1.165, 1.54) is 0 Å². The van der Waals surface area contributed by atoms with Crippen molar-refractivity contribution < 1.29 is 9.84 Å². The average Bonchev–Trinajstić information content (AvgIpc) is 2.21. The Kier molecular flexibility index (Phi) is 9.43. The van der Waals surface area contributed by atoms with Gasteiger partial charge in [-0.1, -0.05) is 0 Å². The van der Waals surface area contributed by atoms with E-state index in [9.17, 15) is 5.11 Å². The summed E-state index contributed by atoms with van der Waals surface area (Å²) in [7, 11) is 3.55. The van der Waals surface area contributed by atoms with Crippen LogP contribution in [0.25, 0.3) is 0 Å². The molecule has 88 valence electrons. The molecular formula is C10H21N3O2. The quantitative estimate of drug-likeness (QED) is 0.504. The standard InChI is InChI=1S/C10H21N3O2/c1-13(6-3-4-11)9-10(14)8-12-5-7-15-2/h10,12,14H,3,5-9H2,1-2H3. The molecule has 0 radical (unpaired) electrons. The topological polar surface area (TPSA) is 68.5 Å². The van der Waals surface area contributed by atoms with Crippen molar-refractivity contribution in [2.45, 2.75) is 12.5 Å². The number of hydrogen-bond acceptors (Lipinski definition) is 5. The molecule has 0 saturated heterocycles. The van der Waals surface area contributed by atoms with Gasteiger partial charge in [0, 0.05) is 39.7 Å². The number of ether oxygens (including phenoxy) is 1. The Morgan fingerprint density at radius 2 is 2.33 bits per heavy atom. The van der Waals surface area contributed by atoms with Crippen molar-refractivity contribution in [2.24, 2.45) is 0 Å². The Hall–Kier alpha value is -0.670. The number of methoxy groups -OCH3 is 1. The van der Waals surface area contributed by atoms with Crippen LogP contribution in [0.2, 0.25) is 0 Å². The summed E-state index contributed by atoms with van der Waals surface area (Å²) < 4.78 is 4.87. The highest BCUT2D eigenvalue weighted by atomic mass is 16.5. The molecular weight excluding hydrogens is 194 g/mol. The maximum atomic E-state index is 9.59. The van der Waals surface area contributed by atoms with Gasteiger partial charge in [0.15, 0.2) is 0 Å². The first kappa shape index (κ1) is 14.3. The van der Waals surface area contributed by atoms with Gasteiger partial charge in [0.05, 0.1) is 18.8 Å². The molecule has 15 heavy (non-hydrogen) atoms. The summed E-state index contributed by atoms with van der Waals surface area (Å²) in [4.78, 5) is 1.95. The van der Waals surface area contributed by atoms with Gasteiger partial charge in [0.25, 0.3) is 0 Å². The van der Waals surface area contributed by atoms with Crippen LogP contribution in [0.5, 0.6) is 0 Å². The van der Waals surface area contributed by atoms with E-state index in [2.05, 4.69) is 11.4 Å². The Labute approximate surface area is 91.6 Å². The molecule has 0 rings (SSSR count). The lowest BCUT2D eigenvalue weighted by atomic mass is 10.3. The minimum Gasteiger partial charge on any atom is -0.390 e. The summed E-state index contributed by atoms with van der Waals surface area (Å²) in [5.74, 6) is 0. The van der Waals surface area contributed by atoms with Crippen LogP contribution in [-0.4, -0.2) is 63.1 Å². The number of nitrogens with one attached hydrogen (secondary N) is 1. The fourth-order valence-electron chi connectivity index (χ4n) is 1.20. The molecule has 0 fully saturated rings. The zero-order valence-corrected chi connectivity index (χ0v) is 9.57. The van der Waals surface area contributed by atoms with Gasteiger partial charge >= 0.3 is 0 Å². The fourth-order valence-corrected chi connectivity index (χ4v) is 1.20. The number of rotatable bonds is 9. The molecule has 0 aliphatic rings. The summed E-state index contributed by atoms with van der Waals surface area (Å²) in [5, 5.41) is 21.1. The van der Waals surface area contributed by atoms with Gasteiger partial charge in [-0.05, 0) is 7.05 Å². The SMILES string of the molecule is COCCNCC(O)CN(C)CCC#N. The van der Waals surface area contributed by atoms with Crippen molar-refractivity contribution >= 4 is 0 Å². The molecule has 0 aromatic carbocycles. The molecule has 0 aromatic heterocycles. The third-order valence-corrected chi connectivity index (χ3v) is 1.99. The zero-order chi connectivity index (χ0) is 11.5. The molecule has 5 heteroatoms. The lowest BCUT2D eigenvalue weighted by Gasteiger charge is -2.19. The van der Waals surface area contributed by atoms with Crippen LogP contribution in [0.3, 0.4) is 0 Å². The first-order valence-corrected chi connectivity index (χ1v) is 5.14. The van der Waals surface area contributed by atoms with E-state index in [-0.39, 0.29) is 0 Å². The van der Waals surface area contributed by atoms with Crippen molar-refractivity contribution in [2.75, 3.05) is 46.9 Å². The number of nitrogens with zero attached hydrogens (tertiary/aromatic N) is 2. The van der Waals surface area contributed by atoms with Gasteiger partial charge in [-0.25, -0.2) is 0 Å². The van der Waals surface area contributed by atoms with E-state index < -0.39 is 6.10 Å². The smallest absolute Gasteiger partial charge is 0.0791 e. The third-order valence-electron chi connectivity index (χ3n) is 1.99. The highest BCUT2D eigenvalue weighted by Crippen LogP contribution is 1.90. The van der Waals surface area contributed by atoms with Crippen molar-refractivity contribution in [1.82, 2.24) is 10.2 Å². The number of nitriles is 1. The van der Waals surface area contributed by atoms with Crippen LogP contribution in [0.15, 0.2) is 0 Å². The molecule has 0 aromatic rings. The molecule has 1 unspecified atom stereocenters. The second-order valence-electron chi connectivity index (χ2n) is 3.52. The lowest BCUT2D eigenvalue weighted by molar-refractivity contribution is 0.121. The van der Waals surface area contributed by atoms with Crippen LogP contribution in [0.4, 0.5) is 0 Å². The van der Waals surface area contributed by atoms with Crippen molar-refractivity contribution in [1.29, 1.82) is 5.26 Å². The molecule has 5 nitrogen and oxygen atoms in total. The predicted molar refractivity (Wildman–Crippen MR) is 58.5 cm³/mol. The monoisotopic (exact) mass is 215 g/mol. The molecule has 0 spiro atoms. The van der Waals surface area contributed by atoms with Crippen molar-refractivity contribution in [3.63, 3.8) is 0 Å². The summed E-state index contributed by atoms with van der Waals surface area (Å²) in [5.41, 5.74) is 0. The Morgan fingerprint density at radius 3 is 2.93 bits per heavy atom. The Morgan fingerprint density at radius 1 is 1.60 bits per heavy atom. The molecule has 2 N–H and O–H groups in total. The Bertz CT molecular complexity index is 182. The second-order valence-corrected chi connectivity index (χ2v) is 3.52. The molecule has 0 amide bonds. The minimum atomic E-state index is -0.398. The first-order chi connectivity index (χ1) is 7.20. The highest BCUT2D eigenvalue weighted by Gasteiger charge is 2.06. The minimum absolute atomic E-state index is 0.398. The van der Waals surface area contributed by atoms with Gasteiger partial charge in [-0.15, -0.1) is 0 Å². The van der Waals surface area contributed by atoms with E-state index >= 15 is 0 Å². The maximum Gasteiger partial charge on any atom is 0.0791 e. The number of hydrogen-bond donors (Lipinski definition) is 2. The van der Waals surface area contributed by atoms with Gasteiger partial charge in [0.2, 0.25) is 0 Å². The van der Waals surface area contributed by atoms with E-state index in [0.29, 0.717) is 32.7 Å². The normalized spacial score (nSPS) is 12.7. The van der Waals surface area contributed by atoms with E-state index in [0.717, 1.165) is 6.54 Å². The first-order valence-electron chi connectivity index (χ1n) is 5.14. The second kappa shape index (κ2) is 9.87. The molecule has 1 atom stereocenters. The van der Waals surface area contributed by atoms with Crippen LogP contribution >= 0.6 is 0 Å². The van der Waals surface area contributed by atoms with Crippen molar-refractivity contribution in [3.05, 3.63) is 0 Å². The molecule has 0 saturated carbocycles. The molecule has 0 aliphatic carbocycles. The van der Waals surface area contributed by atoms with Crippen LogP contribution in [-0.2, 0) is 4.74 Å². The summed E-state index contributed by atoms with van der Waals surface area (Å²) in [6.45, 7) is 3.24. The van der Waals surface area contributed by atoms with Crippen molar-refractivity contribution in [3.8, 4) is 6.07 Å². The van der Waals surface area contributed by atoms with Crippen LogP contribution in [0.1, 0.15) is 6.42 Å². The third kappa shape index (κ3) is 9.63. The van der Waals surface area contributed by atoms with Crippen LogP contribution in [0, 0.1) is 11.3 Å². The average molecular weight is 215 g/mol. The molecule has 0 aliphatic heterocycles. The highest BCUT2D eigenvalue weighted by molar-refractivity contribution is 4.72. The molecule has 0 bridgehead atoms. The van der Waals surface area contributed by atoms with E-state index in [1.54, 1.807) is 7.11 Å². The number of aliphatic hydroxyl groups excluding tert-OH is 1. The zero-order valence-electron chi connectivity index (χ0n) is 9.57. The van der Waals surface area contributed by atoms with E-state index in [1.807, 2.05) is 11.9 Å². The largest absolute Gasteiger partial charge is 0.390 e. The number of aliphatic hydroxyl groups is 1. The van der Waals surface area contributed by atoms with Gasteiger partial charge in [-0.3, -0.25) is 0 Å². The van der Waals surface area contributed by atoms with E-state index in [4.69, 9.17) is 10.00 Å². The van der Waals surface area contributed by atoms with Gasteiger partial charge < -0.3 is 20.1 Å². The Balaban J connectivity index is 3.38. The molecule has 0 heterocycles. The summed E-state index contributed by atoms with van der Waals surface area (Å²) in [6.07, 6.45) is 0.103. The van der Waals surface area contributed by atoms with Gasteiger partial charge in [-0.2, -0.15) is 5.26 Å². The lowest BCUT2D eigenvalue weighted by Crippen LogP contribution is -2.37. The van der Waals surface area contributed by atoms with Gasteiger partial charge in [0.1, 0.15) is 0 Å². The number of likely N-dealkylation sites (N-methyl/N-ethyl adjacent to an activating group) is 1. The summed E-state index contributed by atoms with van der Waals surface area (Å²) >= 11 is 0.